The van der Waals surface area contributed by atoms with Crippen molar-refractivity contribution in [1.82, 2.24) is 0 Å². The lowest BCUT2D eigenvalue weighted by atomic mass is 9.93. The minimum atomic E-state index is -4.40. The summed E-state index contributed by atoms with van der Waals surface area (Å²) < 4.78 is 43.7. The smallest absolute Gasteiger partial charge is 0.416 e. The van der Waals surface area contributed by atoms with Crippen LogP contribution >= 0.6 is 15.9 Å². The maximum Gasteiger partial charge on any atom is 0.416 e. The quantitative estimate of drug-likeness (QED) is 0.653. The van der Waals surface area contributed by atoms with Crippen molar-refractivity contribution in [3.63, 3.8) is 0 Å². The molecule has 0 N–H and O–H groups in total. The molecule has 22 heavy (non-hydrogen) atoms. The number of alkyl halides is 4. The first-order valence-corrected chi connectivity index (χ1v) is 8.02. The second kappa shape index (κ2) is 6.48. The molecule has 3 nitrogen and oxygen atoms in total. The Balaban J connectivity index is 2.49. The third kappa shape index (κ3) is 3.24. The third-order valence-corrected chi connectivity index (χ3v) is 4.60. The van der Waals surface area contributed by atoms with Gasteiger partial charge in [-0.1, -0.05) is 22.9 Å². The number of hydrogen-bond donors (Lipinski definition) is 0. The molecule has 2 unspecified atom stereocenters. The van der Waals surface area contributed by atoms with Crippen LogP contribution in [0.4, 0.5) is 23.7 Å². The SMILES string of the molecule is CCOC(=O)N1c2ccc(C(F)(F)F)cc2C(Br)CC1CC. The lowest BCUT2D eigenvalue weighted by Gasteiger charge is -2.38. The molecule has 0 aromatic heterocycles. The van der Waals surface area contributed by atoms with Crippen LogP contribution in [0, 0.1) is 0 Å². The highest BCUT2D eigenvalue weighted by molar-refractivity contribution is 9.09. The number of benzene rings is 1. The van der Waals surface area contributed by atoms with Crippen molar-refractivity contribution < 1.29 is 22.7 Å². The van der Waals surface area contributed by atoms with Crippen molar-refractivity contribution in [2.45, 2.75) is 43.7 Å². The van der Waals surface area contributed by atoms with Crippen molar-refractivity contribution in [3.05, 3.63) is 29.3 Å². The van der Waals surface area contributed by atoms with E-state index < -0.39 is 17.8 Å². The lowest BCUT2D eigenvalue weighted by molar-refractivity contribution is -0.137. The van der Waals surface area contributed by atoms with Gasteiger partial charge in [0.2, 0.25) is 0 Å². The summed E-state index contributed by atoms with van der Waals surface area (Å²) >= 11 is 3.44. The first kappa shape index (κ1) is 17.1. The highest BCUT2D eigenvalue weighted by atomic mass is 79.9. The van der Waals surface area contributed by atoms with Gasteiger partial charge in [0.25, 0.3) is 0 Å². The molecule has 1 aliphatic heterocycles. The monoisotopic (exact) mass is 379 g/mol. The van der Waals surface area contributed by atoms with E-state index >= 15 is 0 Å². The van der Waals surface area contributed by atoms with Crippen LogP contribution in [0.5, 0.6) is 0 Å². The Morgan fingerprint density at radius 3 is 2.64 bits per heavy atom. The van der Waals surface area contributed by atoms with Crippen LogP contribution in [0.15, 0.2) is 18.2 Å². The Morgan fingerprint density at radius 1 is 1.41 bits per heavy atom. The summed E-state index contributed by atoms with van der Waals surface area (Å²) in [6.07, 6.45) is -3.68. The number of halogens is 4. The van der Waals surface area contributed by atoms with Crippen molar-refractivity contribution in [2.24, 2.45) is 0 Å². The van der Waals surface area contributed by atoms with Crippen molar-refractivity contribution >= 4 is 27.7 Å². The fourth-order valence-electron chi connectivity index (χ4n) is 2.66. The molecule has 1 aromatic carbocycles. The molecule has 0 fully saturated rings. The first-order valence-electron chi connectivity index (χ1n) is 7.10. The van der Waals surface area contributed by atoms with Gasteiger partial charge in [0.05, 0.1) is 17.9 Å². The van der Waals surface area contributed by atoms with Gasteiger partial charge in [-0.25, -0.2) is 4.79 Å². The van der Waals surface area contributed by atoms with E-state index in [1.54, 1.807) is 6.92 Å². The van der Waals surface area contributed by atoms with Gasteiger partial charge in [-0.3, -0.25) is 4.90 Å². The topological polar surface area (TPSA) is 29.5 Å². The van der Waals surface area contributed by atoms with Gasteiger partial charge < -0.3 is 4.74 Å². The molecule has 0 spiro atoms. The maximum atomic E-state index is 12.9. The van der Waals surface area contributed by atoms with Crippen LogP contribution in [0.1, 0.15) is 42.6 Å². The predicted octanol–water partition coefficient (Wildman–Crippen LogP) is 5.29. The number of carbonyl (C=O) groups excluding carboxylic acids is 1. The minimum absolute atomic E-state index is 0.104. The summed E-state index contributed by atoms with van der Waals surface area (Å²) in [6.45, 7) is 3.86. The standard InChI is InChI=1S/C15H17BrF3NO2/c1-3-10-8-12(16)11-7-9(15(17,18)19)5-6-13(11)20(10)14(21)22-4-2/h5-7,10,12H,3-4,8H2,1-2H3. The molecule has 0 saturated carbocycles. The van der Waals surface area contributed by atoms with Gasteiger partial charge in [-0.05, 0) is 43.5 Å². The second-order valence-electron chi connectivity index (χ2n) is 5.11. The first-order chi connectivity index (χ1) is 10.3. The molecule has 1 heterocycles. The molecule has 1 aromatic rings. The van der Waals surface area contributed by atoms with Crippen LogP contribution in [-0.2, 0) is 10.9 Å². The lowest BCUT2D eigenvalue weighted by Crippen LogP contribution is -2.44. The number of ether oxygens (including phenoxy) is 1. The fraction of sp³-hybridized carbons (Fsp3) is 0.533. The van der Waals surface area contributed by atoms with Crippen LogP contribution < -0.4 is 4.90 Å². The largest absolute Gasteiger partial charge is 0.449 e. The van der Waals surface area contributed by atoms with E-state index in [0.717, 1.165) is 12.1 Å². The highest BCUT2D eigenvalue weighted by Gasteiger charge is 2.38. The molecule has 2 atom stereocenters. The molecule has 2 rings (SSSR count). The summed E-state index contributed by atoms with van der Waals surface area (Å²) in [6, 6.07) is 3.36. The van der Waals surface area contributed by atoms with Gasteiger partial charge >= 0.3 is 12.3 Å². The molecule has 122 valence electrons. The van der Waals surface area contributed by atoms with E-state index in [4.69, 9.17) is 4.74 Å². The van der Waals surface area contributed by atoms with Crippen LogP contribution in [-0.4, -0.2) is 18.7 Å². The van der Waals surface area contributed by atoms with Crippen LogP contribution in [0.3, 0.4) is 0 Å². The molecule has 0 bridgehead atoms. The predicted molar refractivity (Wildman–Crippen MR) is 81.3 cm³/mol. The Hall–Kier alpha value is -1.24. The summed E-state index contributed by atoms with van der Waals surface area (Å²) in [4.78, 5) is 13.4. The van der Waals surface area contributed by atoms with E-state index in [1.165, 1.54) is 11.0 Å². The summed E-state index contributed by atoms with van der Waals surface area (Å²) in [5.41, 5.74) is 0.230. The molecule has 0 aliphatic carbocycles. The second-order valence-corrected chi connectivity index (χ2v) is 6.21. The van der Waals surface area contributed by atoms with Crippen molar-refractivity contribution in [2.75, 3.05) is 11.5 Å². The van der Waals surface area contributed by atoms with Gasteiger partial charge in [0, 0.05) is 10.9 Å². The van der Waals surface area contributed by atoms with Crippen LogP contribution in [0.2, 0.25) is 0 Å². The van der Waals surface area contributed by atoms with Gasteiger partial charge in [-0.2, -0.15) is 13.2 Å². The fourth-order valence-corrected chi connectivity index (χ4v) is 3.46. The summed E-state index contributed by atoms with van der Waals surface area (Å²) in [5.74, 6) is 0. The average Bonchev–Trinajstić information content (AvgIpc) is 2.45. The van der Waals surface area contributed by atoms with E-state index in [2.05, 4.69) is 15.9 Å². The molecular weight excluding hydrogens is 363 g/mol. The molecular formula is C15H17BrF3NO2. The van der Waals surface area contributed by atoms with E-state index in [0.29, 0.717) is 24.1 Å². The van der Waals surface area contributed by atoms with Gasteiger partial charge in [-0.15, -0.1) is 0 Å². The minimum Gasteiger partial charge on any atom is -0.449 e. The Morgan fingerprint density at radius 2 is 2.09 bits per heavy atom. The van der Waals surface area contributed by atoms with Gasteiger partial charge in [0.1, 0.15) is 0 Å². The molecule has 0 saturated heterocycles. The zero-order valence-corrected chi connectivity index (χ0v) is 13.9. The Labute approximate surface area is 135 Å². The van der Waals surface area contributed by atoms with E-state index in [-0.39, 0.29) is 17.5 Å². The van der Waals surface area contributed by atoms with Crippen molar-refractivity contribution in [1.29, 1.82) is 0 Å². The number of rotatable bonds is 2. The van der Waals surface area contributed by atoms with Gasteiger partial charge in [0.15, 0.2) is 0 Å². The van der Waals surface area contributed by atoms with Crippen molar-refractivity contribution in [3.8, 4) is 0 Å². The Kier molecular flexibility index (Phi) is 5.04. The normalized spacial score (nSPS) is 21.5. The number of amides is 1. The average molecular weight is 380 g/mol. The number of nitrogens with zero attached hydrogens (tertiary/aromatic N) is 1. The molecule has 7 heteroatoms. The zero-order valence-electron chi connectivity index (χ0n) is 12.3. The maximum absolute atomic E-state index is 12.9. The molecule has 1 aliphatic rings. The number of fused-ring (bicyclic) bond motifs is 1. The zero-order chi connectivity index (χ0) is 16.5. The number of hydrogen-bond acceptors (Lipinski definition) is 2. The number of anilines is 1. The summed E-state index contributed by atoms with van der Waals surface area (Å²) in [5, 5.41) is 0. The molecule has 0 radical (unpaired) electrons. The third-order valence-electron chi connectivity index (χ3n) is 3.73. The van der Waals surface area contributed by atoms with Crippen LogP contribution in [0.25, 0.3) is 0 Å². The highest BCUT2D eigenvalue weighted by Crippen LogP contribution is 2.45. The molecule has 1 amide bonds. The Bertz CT molecular complexity index is 562. The van der Waals surface area contributed by atoms with E-state index in [9.17, 15) is 18.0 Å². The van der Waals surface area contributed by atoms with E-state index in [1.807, 2.05) is 6.92 Å². The summed E-state index contributed by atoms with van der Waals surface area (Å²) in [7, 11) is 0. The number of carbonyl (C=O) groups is 1.